The first kappa shape index (κ1) is 32.2. The van der Waals surface area contributed by atoms with Crippen LogP contribution in [0, 0.1) is 0 Å². The molecule has 57 heavy (non-hydrogen) atoms. The third-order valence-corrected chi connectivity index (χ3v) is 12.6. The highest BCUT2D eigenvalue weighted by atomic mass is 16.7. The molecule has 0 saturated carbocycles. The summed E-state index contributed by atoms with van der Waals surface area (Å²) in [6, 6.07) is 66.8. The molecule has 0 spiro atoms. The van der Waals surface area contributed by atoms with E-state index in [9.17, 15) is 0 Å². The molecule has 1 aliphatic heterocycles. The van der Waals surface area contributed by atoms with Gasteiger partial charge in [-0.05, 0) is 109 Å². The summed E-state index contributed by atoms with van der Waals surface area (Å²) in [7, 11) is 0. The van der Waals surface area contributed by atoms with Crippen molar-refractivity contribution in [3.05, 3.63) is 199 Å². The van der Waals surface area contributed by atoms with E-state index < -0.39 is 0 Å². The normalized spacial score (nSPS) is 14.0. The van der Waals surface area contributed by atoms with E-state index in [2.05, 4.69) is 195 Å². The summed E-state index contributed by atoms with van der Waals surface area (Å²) >= 11 is 0. The van der Waals surface area contributed by atoms with Crippen LogP contribution >= 0.6 is 0 Å². The summed E-state index contributed by atoms with van der Waals surface area (Å²) in [5.41, 5.74) is 18.1. The minimum absolute atomic E-state index is 0.232. The highest BCUT2D eigenvalue weighted by Crippen LogP contribution is 2.57. The fourth-order valence-electron chi connectivity index (χ4n) is 9.94. The molecule has 0 saturated heterocycles. The third kappa shape index (κ3) is 4.66. The molecule has 0 amide bonds. The third-order valence-electron chi connectivity index (χ3n) is 12.6. The molecule has 2 aliphatic carbocycles. The second-order valence-corrected chi connectivity index (χ2v) is 16.1. The molecule has 9 aromatic rings. The van der Waals surface area contributed by atoms with Crippen molar-refractivity contribution in [1.82, 2.24) is 0 Å². The maximum absolute atomic E-state index is 6.84. The second-order valence-electron chi connectivity index (χ2n) is 16.1. The van der Waals surface area contributed by atoms with E-state index in [1.807, 2.05) is 11.1 Å². The molecule has 270 valence electrons. The fourth-order valence-corrected chi connectivity index (χ4v) is 9.94. The van der Waals surface area contributed by atoms with Crippen molar-refractivity contribution in [2.24, 2.45) is 0 Å². The van der Waals surface area contributed by atoms with Crippen LogP contribution < -0.4 is 14.8 Å². The van der Waals surface area contributed by atoms with Gasteiger partial charge >= 0.3 is 0 Å². The Bertz CT molecular complexity index is 3100. The van der Waals surface area contributed by atoms with E-state index >= 15 is 0 Å². The molecular formula is C54H38N2O. The van der Waals surface area contributed by atoms with Crippen LogP contribution in [0.5, 0.6) is 5.75 Å². The molecule has 9 aromatic carbocycles. The molecule has 3 aliphatic rings. The van der Waals surface area contributed by atoms with Crippen LogP contribution in [-0.2, 0) is 12.0 Å². The minimum atomic E-state index is -0.232. The Kier molecular flexibility index (Phi) is 6.74. The minimum Gasteiger partial charge on any atom is -0.378 e. The molecule has 0 N–H and O–H groups in total. The van der Waals surface area contributed by atoms with Gasteiger partial charge in [0.25, 0.3) is 0 Å². The summed E-state index contributed by atoms with van der Waals surface area (Å²) in [5.74, 6) is 0.920. The van der Waals surface area contributed by atoms with Gasteiger partial charge in [0.05, 0.1) is 17.9 Å². The number of hydrogen-bond acceptors (Lipinski definition) is 3. The molecule has 0 atom stereocenters. The number of hydroxylamine groups is 1. The zero-order chi connectivity index (χ0) is 37.8. The first-order chi connectivity index (χ1) is 28.0. The van der Waals surface area contributed by atoms with E-state index in [-0.39, 0.29) is 5.41 Å². The maximum Gasteiger partial charge on any atom is 0.168 e. The SMILES string of the molecule is CC1(C)c2ccccc2-c2c(-c3cccc4c3ON(c3ccccc3)C4)cc(N(c3ccc4ccccc4c3)c3ccc4c5c(cccc35)-c3ccccc3-4)cc21. The summed E-state index contributed by atoms with van der Waals surface area (Å²) in [6.45, 7) is 5.44. The van der Waals surface area contributed by atoms with E-state index in [4.69, 9.17) is 4.84 Å². The van der Waals surface area contributed by atoms with Crippen LogP contribution in [0.3, 0.4) is 0 Å². The predicted octanol–water partition coefficient (Wildman–Crippen LogP) is 14.4. The highest BCUT2D eigenvalue weighted by Gasteiger charge is 2.39. The van der Waals surface area contributed by atoms with Crippen LogP contribution in [0.4, 0.5) is 22.7 Å². The summed E-state index contributed by atoms with van der Waals surface area (Å²) in [6.07, 6.45) is 0. The number of rotatable bonds is 5. The lowest BCUT2D eigenvalue weighted by atomic mass is 9.81. The van der Waals surface area contributed by atoms with Crippen LogP contribution in [0.1, 0.15) is 30.5 Å². The molecule has 3 heteroatoms. The average molecular weight is 731 g/mol. The number of nitrogens with zero attached hydrogens (tertiary/aromatic N) is 2. The van der Waals surface area contributed by atoms with Crippen molar-refractivity contribution in [2.45, 2.75) is 25.8 Å². The van der Waals surface area contributed by atoms with E-state index in [1.165, 1.54) is 77.2 Å². The van der Waals surface area contributed by atoms with Crippen molar-refractivity contribution < 1.29 is 4.84 Å². The van der Waals surface area contributed by atoms with E-state index in [0.717, 1.165) is 34.1 Å². The molecular weight excluding hydrogens is 693 g/mol. The van der Waals surface area contributed by atoms with Gasteiger partial charge in [0.15, 0.2) is 5.75 Å². The quantitative estimate of drug-likeness (QED) is 0.175. The van der Waals surface area contributed by atoms with Crippen molar-refractivity contribution in [3.8, 4) is 50.3 Å². The van der Waals surface area contributed by atoms with Crippen LogP contribution in [0.2, 0.25) is 0 Å². The molecule has 1 heterocycles. The van der Waals surface area contributed by atoms with Gasteiger partial charge in [-0.2, -0.15) is 0 Å². The molecule has 0 bridgehead atoms. The van der Waals surface area contributed by atoms with Crippen LogP contribution in [0.25, 0.3) is 66.1 Å². The summed E-state index contributed by atoms with van der Waals surface area (Å²) in [5, 5.41) is 7.00. The van der Waals surface area contributed by atoms with Gasteiger partial charge in [0.2, 0.25) is 0 Å². The zero-order valence-electron chi connectivity index (χ0n) is 31.8. The topological polar surface area (TPSA) is 15.7 Å². The van der Waals surface area contributed by atoms with Crippen molar-refractivity contribution in [3.63, 3.8) is 0 Å². The second kappa shape index (κ2) is 11.9. The van der Waals surface area contributed by atoms with E-state index in [1.54, 1.807) is 0 Å². The Hall–Kier alpha value is -7.10. The van der Waals surface area contributed by atoms with Gasteiger partial charge in [-0.25, -0.2) is 5.06 Å². The highest BCUT2D eigenvalue weighted by molar-refractivity contribution is 6.19. The number of fused-ring (bicyclic) bond motifs is 8. The largest absolute Gasteiger partial charge is 0.378 e. The standard InChI is InChI=1S/C54H38N2O/c1-54(2)48-25-11-10-21-45(48)52-47(44-23-12-16-36-33-55(57-53(36)44)37-17-4-3-5-18-37)31-39(32-49(52)54)56(38-27-26-34-14-6-7-15-35(34)30-38)50-29-28-43-41-20-9-8-19-40(41)42-22-13-24-46(50)51(42)43/h3-32H,33H2,1-2H3. The van der Waals surface area contributed by atoms with E-state index in [0.29, 0.717) is 6.54 Å². The monoisotopic (exact) mass is 730 g/mol. The molecule has 0 radical (unpaired) electrons. The van der Waals surface area contributed by atoms with Gasteiger partial charge in [0.1, 0.15) is 0 Å². The average Bonchev–Trinajstić information content (AvgIpc) is 3.91. The Morgan fingerprint density at radius 1 is 0.491 bits per heavy atom. The molecule has 12 rings (SSSR count). The van der Waals surface area contributed by atoms with Gasteiger partial charge in [-0.15, -0.1) is 0 Å². The Morgan fingerprint density at radius 3 is 2.02 bits per heavy atom. The first-order valence-electron chi connectivity index (χ1n) is 19.9. The van der Waals surface area contributed by atoms with Crippen molar-refractivity contribution in [1.29, 1.82) is 0 Å². The van der Waals surface area contributed by atoms with Gasteiger partial charge in [-0.1, -0.05) is 153 Å². The Balaban J connectivity index is 1.14. The van der Waals surface area contributed by atoms with Crippen molar-refractivity contribution >= 4 is 44.3 Å². The van der Waals surface area contributed by atoms with Crippen molar-refractivity contribution in [2.75, 3.05) is 9.96 Å². The number of para-hydroxylation sites is 2. The molecule has 3 nitrogen and oxygen atoms in total. The lowest BCUT2D eigenvalue weighted by Crippen LogP contribution is -2.20. The number of anilines is 4. The predicted molar refractivity (Wildman–Crippen MR) is 237 cm³/mol. The first-order valence-corrected chi connectivity index (χ1v) is 19.9. The van der Waals surface area contributed by atoms with Crippen LogP contribution in [-0.4, -0.2) is 0 Å². The fraction of sp³-hybridized carbons (Fsp3) is 0.0741. The maximum atomic E-state index is 6.84. The smallest absolute Gasteiger partial charge is 0.168 e. The molecule has 0 aromatic heterocycles. The summed E-state index contributed by atoms with van der Waals surface area (Å²) < 4.78 is 0. The van der Waals surface area contributed by atoms with Gasteiger partial charge in [-0.3, -0.25) is 0 Å². The lowest BCUT2D eigenvalue weighted by Gasteiger charge is -2.30. The zero-order valence-corrected chi connectivity index (χ0v) is 31.8. The molecule has 0 fully saturated rings. The number of benzene rings is 9. The Morgan fingerprint density at radius 2 is 1.18 bits per heavy atom. The van der Waals surface area contributed by atoms with Gasteiger partial charge in [0, 0.05) is 33.3 Å². The summed E-state index contributed by atoms with van der Waals surface area (Å²) in [4.78, 5) is 9.34. The van der Waals surface area contributed by atoms with Gasteiger partial charge < -0.3 is 9.74 Å². The number of hydrogen-bond donors (Lipinski definition) is 0. The molecule has 0 unspecified atom stereocenters. The van der Waals surface area contributed by atoms with Crippen LogP contribution in [0.15, 0.2) is 182 Å². The lowest BCUT2D eigenvalue weighted by molar-refractivity contribution is 0.309. The Labute approximate surface area is 332 Å².